The fourth-order valence-corrected chi connectivity index (χ4v) is 3.16. The van der Waals surface area contributed by atoms with E-state index in [9.17, 15) is 4.79 Å². The summed E-state index contributed by atoms with van der Waals surface area (Å²) in [6, 6.07) is 11.4. The number of rotatable bonds is 6. The van der Waals surface area contributed by atoms with Crippen molar-refractivity contribution in [3.8, 4) is 5.75 Å². The van der Waals surface area contributed by atoms with Gasteiger partial charge in [-0.05, 0) is 54.8 Å². The highest BCUT2D eigenvalue weighted by molar-refractivity contribution is 5.94. The van der Waals surface area contributed by atoms with Crippen LogP contribution in [0.4, 0.5) is 0 Å². The third-order valence-corrected chi connectivity index (χ3v) is 4.59. The fourth-order valence-electron chi connectivity index (χ4n) is 3.16. The van der Waals surface area contributed by atoms with E-state index in [0.717, 1.165) is 50.5 Å². The van der Waals surface area contributed by atoms with Gasteiger partial charge in [0.2, 0.25) is 0 Å². The normalized spacial score (nSPS) is 15.2. The summed E-state index contributed by atoms with van der Waals surface area (Å²) in [6.45, 7) is 10.5. The number of ether oxygens (including phenoxy) is 1. The molecule has 2 aromatic rings. The molecule has 1 amide bonds. The van der Waals surface area contributed by atoms with E-state index in [1.807, 2.05) is 48.4 Å². The molecule has 0 spiro atoms. The summed E-state index contributed by atoms with van der Waals surface area (Å²) < 4.78 is 5.60. The lowest BCUT2D eigenvalue weighted by Gasteiger charge is -2.22. The topological polar surface area (TPSA) is 45.7 Å². The number of carbonyl (C=O) groups is 1. The van der Waals surface area contributed by atoms with E-state index in [2.05, 4.69) is 22.5 Å². The molecule has 5 nitrogen and oxygen atoms in total. The van der Waals surface area contributed by atoms with Crippen LogP contribution in [0.15, 0.2) is 60.9 Å². The SMILES string of the molecule is C=C(C)COc1ccc(C(=O)N2CCCN(Cc3cccnc3)CC2)cc1. The van der Waals surface area contributed by atoms with E-state index in [-0.39, 0.29) is 5.91 Å². The van der Waals surface area contributed by atoms with Crippen molar-refractivity contribution in [1.82, 2.24) is 14.8 Å². The maximum absolute atomic E-state index is 12.8. The second-order valence-corrected chi connectivity index (χ2v) is 7.05. The van der Waals surface area contributed by atoms with E-state index >= 15 is 0 Å². The molecule has 1 saturated heterocycles. The maximum atomic E-state index is 12.8. The van der Waals surface area contributed by atoms with Crippen LogP contribution < -0.4 is 4.74 Å². The van der Waals surface area contributed by atoms with Crippen LogP contribution in [0, 0.1) is 0 Å². The molecule has 0 unspecified atom stereocenters. The van der Waals surface area contributed by atoms with E-state index < -0.39 is 0 Å². The largest absolute Gasteiger partial charge is 0.489 e. The highest BCUT2D eigenvalue weighted by atomic mass is 16.5. The molecule has 0 radical (unpaired) electrons. The van der Waals surface area contributed by atoms with Crippen LogP contribution in [0.1, 0.15) is 29.3 Å². The minimum atomic E-state index is 0.0877. The molecule has 1 aliphatic heterocycles. The van der Waals surface area contributed by atoms with Crippen LogP contribution in [0.25, 0.3) is 0 Å². The smallest absolute Gasteiger partial charge is 0.253 e. The monoisotopic (exact) mass is 365 g/mol. The fraction of sp³-hybridized carbons (Fsp3) is 0.364. The number of hydrogen-bond acceptors (Lipinski definition) is 4. The molecule has 0 N–H and O–H groups in total. The molecule has 1 aromatic heterocycles. The molecule has 142 valence electrons. The van der Waals surface area contributed by atoms with Gasteiger partial charge < -0.3 is 9.64 Å². The minimum absolute atomic E-state index is 0.0877. The first kappa shape index (κ1) is 19.1. The zero-order chi connectivity index (χ0) is 19.1. The van der Waals surface area contributed by atoms with Gasteiger partial charge in [0.05, 0.1) is 0 Å². The highest BCUT2D eigenvalue weighted by Gasteiger charge is 2.20. The zero-order valence-corrected chi connectivity index (χ0v) is 15.9. The molecule has 0 saturated carbocycles. The first-order valence-corrected chi connectivity index (χ1v) is 9.39. The number of carbonyl (C=O) groups excluding carboxylic acids is 1. The van der Waals surface area contributed by atoms with Crippen molar-refractivity contribution in [1.29, 1.82) is 0 Å². The van der Waals surface area contributed by atoms with Gasteiger partial charge in [0.25, 0.3) is 5.91 Å². The second kappa shape index (κ2) is 9.33. The van der Waals surface area contributed by atoms with Crippen molar-refractivity contribution in [2.75, 3.05) is 32.8 Å². The van der Waals surface area contributed by atoms with Crippen LogP contribution >= 0.6 is 0 Å². The van der Waals surface area contributed by atoms with E-state index in [1.165, 1.54) is 5.56 Å². The summed E-state index contributed by atoms with van der Waals surface area (Å²) in [5.41, 5.74) is 2.89. The molecule has 1 aromatic carbocycles. The van der Waals surface area contributed by atoms with Gasteiger partial charge in [0, 0.05) is 50.7 Å². The molecular weight excluding hydrogens is 338 g/mol. The van der Waals surface area contributed by atoms with Gasteiger partial charge in [-0.15, -0.1) is 0 Å². The van der Waals surface area contributed by atoms with Crippen molar-refractivity contribution in [3.63, 3.8) is 0 Å². The Morgan fingerprint density at radius 1 is 1.15 bits per heavy atom. The van der Waals surface area contributed by atoms with Gasteiger partial charge in [-0.2, -0.15) is 0 Å². The lowest BCUT2D eigenvalue weighted by molar-refractivity contribution is 0.0761. The summed E-state index contributed by atoms with van der Waals surface area (Å²) in [6.07, 6.45) is 4.68. The Hall–Kier alpha value is -2.66. The summed E-state index contributed by atoms with van der Waals surface area (Å²) in [7, 11) is 0. The average molecular weight is 365 g/mol. The van der Waals surface area contributed by atoms with Crippen molar-refractivity contribution >= 4 is 5.91 Å². The van der Waals surface area contributed by atoms with Crippen LogP contribution in [-0.4, -0.2) is 53.5 Å². The Kier molecular flexibility index (Phi) is 6.60. The number of nitrogens with zero attached hydrogens (tertiary/aromatic N) is 3. The van der Waals surface area contributed by atoms with Gasteiger partial charge in [0.15, 0.2) is 0 Å². The quantitative estimate of drug-likeness (QED) is 0.736. The summed E-state index contributed by atoms with van der Waals surface area (Å²) >= 11 is 0. The Bertz CT molecular complexity index is 759. The Morgan fingerprint density at radius 3 is 2.67 bits per heavy atom. The van der Waals surface area contributed by atoms with Crippen molar-refractivity contribution in [2.45, 2.75) is 19.9 Å². The summed E-state index contributed by atoms with van der Waals surface area (Å²) in [4.78, 5) is 21.4. The lowest BCUT2D eigenvalue weighted by atomic mass is 10.2. The molecule has 2 heterocycles. The van der Waals surface area contributed by atoms with E-state index in [4.69, 9.17) is 4.74 Å². The number of pyridine rings is 1. The molecule has 27 heavy (non-hydrogen) atoms. The zero-order valence-electron chi connectivity index (χ0n) is 15.9. The molecule has 0 atom stereocenters. The first-order chi connectivity index (χ1) is 13.1. The molecule has 0 bridgehead atoms. The third-order valence-electron chi connectivity index (χ3n) is 4.59. The number of hydrogen-bond donors (Lipinski definition) is 0. The first-order valence-electron chi connectivity index (χ1n) is 9.39. The van der Waals surface area contributed by atoms with Gasteiger partial charge in [-0.1, -0.05) is 12.6 Å². The van der Waals surface area contributed by atoms with Gasteiger partial charge >= 0.3 is 0 Å². The van der Waals surface area contributed by atoms with Crippen molar-refractivity contribution < 1.29 is 9.53 Å². The maximum Gasteiger partial charge on any atom is 0.253 e. The van der Waals surface area contributed by atoms with Crippen LogP contribution in [-0.2, 0) is 6.54 Å². The van der Waals surface area contributed by atoms with Crippen molar-refractivity contribution in [2.24, 2.45) is 0 Å². The predicted molar refractivity (Wildman–Crippen MR) is 107 cm³/mol. The Labute approximate surface area is 161 Å². The summed E-state index contributed by atoms with van der Waals surface area (Å²) in [5, 5.41) is 0. The number of aromatic nitrogens is 1. The standard InChI is InChI=1S/C22H27N3O2/c1-18(2)17-27-21-8-6-20(7-9-21)22(26)25-12-4-11-24(13-14-25)16-19-5-3-10-23-15-19/h3,5-10,15H,1,4,11-14,16-17H2,2H3. The van der Waals surface area contributed by atoms with Crippen molar-refractivity contribution in [3.05, 3.63) is 72.1 Å². The van der Waals surface area contributed by atoms with Crippen LogP contribution in [0.3, 0.4) is 0 Å². The van der Waals surface area contributed by atoms with E-state index in [0.29, 0.717) is 12.2 Å². The average Bonchev–Trinajstić information content (AvgIpc) is 2.92. The molecule has 1 aliphatic rings. The molecule has 0 aliphatic carbocycles. The molecule has 5 heteroatoms. The number of amides is 1. The minimum Gasteiger partial charge on any atom is -0.489 e. The number of benzene rings is 1. The van der Waals surface area contributed by atoms with Crippen LogP contribution in [0.5, 0.6) is 5.75 Å². The van der Waals surface area contributed by atoms with Gasteiger partial charge in [-0.3, -0.25) is 14.7 Å². The van der Waals surface area contributed by atoms with Gasteiger partial charge in [0.1, 0.15) is 12.4 Å². The van der Waals surface area contributed by atoms with E-state index in [1.54, 1.807) is 6.20 Å². The van der Waals surface area contributed by atoms with Gasteiger partial charge in [-0.25, -0.2) is 0 Å². The lowest BCUT2D eigenvalue weighted by Crippen LogP contribution is -2.35. The molecule has 3 rings (SSSR count). The molecule has 1 fully saturated rings. The molecular formula is C22H27N3O2. The Balaban J connectivity index is 1.55. The third kappa shape index (κ3) is 5.66. The predicted octanol–water partition coefficient (Wildman–Crippen LogP) is 3.38. The summed E-state index contributed by atoms with van der Waals surface area (Å²) in [5.74, 6) is 0.845. The second-order valence-electron chi connectivity index (χ2n) is 7.05. The highest BCUT2D eigenvalue weighted by Crippen LogP contribution is 2.16. The Morgan fingerprint density at radius 2 is 1.96 bits per heavy atom. The van der Waals surface area contributed by atoms with Crippen LogP contribution in [0.2, 0.25) is 0 Å².